The van der Waals surface area contributed by atoms with Crippen molar-refractivity contribution in [2.75, 3.05) is 6.61 Å². The summed E-state index contributed by atoms with van der Waals surface area (Å²) in [5.74, 6) is 1.55. The van der Waals surface area contributed by atoms with Gasteiger partial charge in [0.15, 0.2) is 11.5 Å². The highest BCUT2D eigenvalue weighted by Crippen LogP contribution is 2.29. The van der Waals surface area contributed by atoms with Crippen molar-refractivity contribution in [3.05, 3.63) is 36.4 Å². The lowest BCUT2D eigenvalue weighted by Gasteiger charge is -2.21. The van der Waals surface area contributed by atoms with Gasteiger partial charge in [0, 0.05) is 12.1 Å². The van der Waals surface area contributed by atoms with Crippen molar-refractivity contribution in [1.82, 2.24) is 5.32 Å². The van der Waals surface area contributed by atoms with Gasteiger partial charge in [-0.3, -0.25) is 0 Å². The van der Waals surface area contributed by atoms with Crippen LogP contribution in [0.5, 0.6) is 11.5 Å². The highest BCUT2D eigenvalue weighted by Gasteiger charge is 2.11. The van der Waals surface area contributed by atoms with E-state index in [4.69, 9.17) is 9.47 Å². The second-order valence-corrected chi connectivity index (χ2v) is 5.88. The number of rotatable bonds is 7. The summed E-state index contributed by atoms with van der Waals surface area (Å²) in [6.07, 6.45) is 1.73. The average molecular weight is 277 g/mol. The van der Waals surface area contributed by atoms with E-state index < -0.39 is 0 Å². The molecule has 112 valence electrons. The number of hydrogen-bond donors (Lipinski definition) is 1. The predicted molar refractivity (Wildman–Crippen MR) is 84.5 cm³/mol. The SMILES string of the molecule is C=CC(C)Oc1ccc(CNC(C)(C)C)cc1OCC. The first-order valence-corrected chi connectivity index (χ1v) is 7.15. The fraction of sp³-hybridized carbons (Fsp3) is 0.529. The molecule has 0 heterocycles. The third-order valence-corrected chi connectivity index (χ3v) is 2.78. The molecule has 1 rings (SSSR count). The molecule has 0 saturated carbocycles. The fourth-order valence-electron chi connectivity index (χ4n) is 1.64. The Morgan fingerprint density at radius 1 is 1.30 bits per heavy atom. The van der Waals surface area contributed by atoms with Crippen molar-refractivity contribution in [2.45, 2.75) is 52.8 Å². The summed E-state index contributed by atoms with van der Waals surface area (Å²) >= 11 is 0. The van der Waals surface area contributed by atoms with Crippen LogP contribution in [0, 0.1) is 0 Å². The second kappa shape index (κ2) is 7.34. The third-order valence-electron chi connectivity index (χ3n) is 2.78. The Balaban J connectivity index is 2.85. The molecule has 0 aliphatic heterocycles. The van der Waals surface area contributed by atoms with Crippen molar-refractivity contribution in [1.29, 1.82) is 0 Å². The lowest BCUT2D eigenvalue weighted by Crippen LogP contribution is -2.35. The van der Waals surface area contributed by atoms with Crippen LogP contribution in [0.3, 0.4) is 0 Å². The summed E-state index contributed by atoms with van der Waals surface area (Å²) in [6.45, 7) is 15.5. The van der Waals surface area contributed by atoms with Crippen molar-refractivity contribution in [3.63, 3.8) is 0 Å². The molecule has 1 N–H and O–H groups in total. The summed E-state index contributed by atoms with van der Waals surface area (Å²) in [5, 5.41) is 3.47. The lowest BCUT2D eigenvalue weighted by atomic mass is 10.1. The van der Waals surface area contributed by atoms with E-state index >= 15 is 0 Å². The second-order valence-electron chi connectivity index (χ2n) is 5.88. The smallest absolute Gasteiger partial charge is 0.162 e. The highest BCUT2D eigenvalue weighted by atomic mass is 16.5. The molecule has 3 heteroatoms. The van der Waals surface area contributed by atoms with E-state index in [2.05, 4.69) is 38.7 Å². The molecule has 3 nitrogen and oxygen atoms in total. The molecular formula is C17H27NO2. The van der Waals surface area contributed by atoms with Crippen molar-refractivity contribution >= 4 is 0 Å². The van der Waals surface area contributed by atoms with E-state index in [9.17, 15) is 0 Å². The van der Waals surface area contributed by atoms with Crippen LogP contribution in [-0.2, 0) is 6.54 Å². The van der Waals surface area contributed by atoms with E-state index in [0.29, 0.717) is 6.61 Å². The van der Waals surface area contributed by atoms with Gasteiger partial charge < -0.3 is 14.8 Å². The maximum absolute atomic E-state index is 5.78. The van der Waals surface area contributed by atoms with Crippen LogP contribution in [-0.4, -0.2) is 18.2 Å². The van der Waals surface area contributed by atoms with E-state index in [-0.39, 0.29) is 11.6 Å². The minimum Gasteiger partial charge on any atom is -0.490 e. The Hall–Kier alpha value is -1.48. The molecule has 0 fully saturated rings. The summed E-state index contributed by atoms with van der Waals surface area (Å²) in [5.41, 5.74) is 1.28. The number of benzene rings is 1. The molecule has 1 aromatic rings. The van der Waals surface area contributed by atoms with E-state index in [1.165, 1.54) is 5.56 Å². The first kappa shape index (κ1) is 16.6. The number of nitrogens with one attached hydrogen (secondary N) is 1. The Morgan fingerprint density at radius 3 is 2.55 bits per heavy atom. The summed E-state index contributed by atoms with van der Waals surface area (Å²) in [6, 6.07) is 6.06. The molecule has 0 spiro atoms. The Morgan fingerprint density at radius 2 is 2.00 bits per heavy atom. The molecular weight excluding hydrogens is 250 g/mol. The van der Waals surface area contributed by atoms with Crippen LogP contribution in [0.2, 0.25) is 0 Å². The zero-order chi connectivity index (χ0) is 15.2. The van der Waals surface area contributed by atoms with Crippen molar-refractivity contribution in [2.24, 2.45) is 0 Å². The van der Waals surface area contributed by atoms with Gasteiger partial charge in [0.25, 0.3) is 0 Å². The van der Waals surface area contributed by atoms with Gasteiger partial charge in [-0.15, -0.1) is 0 Å². The molecule has 1 unspecified atom stereocenters. The molecule has 0 bridgehead atoms. The molecule has 1 atom stereocenters. The Labute approximate surface area is 123 Å². The van der Waals surface area contributed by atoms with E-state index in [0.717, 1.165) is 18.0 Å². The number of ether oxygens (including phenoxy) is 2. The normalized spacial score (nSPS) is 12.8. The third kappa shape index (κ3) is 5.66. The van der Waals surface area contributed by atoms with Gasteiger partial charge in [0.2, 0.25) is 0 Å². The van der Waals surface area contributed by atoms with E-state index in [1.807, 2.05) is 26.0 Å². The average Bonchev–Trinajstić information content (AvgIpc) is 2.38. The zero-order valence-electron chi connectivity index (χ0n) is 13.3. The van der Waals surface area contributed by atoms with Gasteiger partial charge in [-0.1, -0.05) is 18.7 Å². The minimum atomic E-state index is -0.0345. The monoisotopic (exact) mass is 277 g/mol. The summed E-state index contributed by atoms with van der Waals surface area (Å²) in [4.78, 5) is 0. The minimum absolute atomic E-state index is 0.0345. The summed E-state index contributed by atoms with van der Waals surface area (Å²) in [7, 11) is 0. The predicted octanol–water partition coefficient (Wildman–Crippen LogP) is 3.93. The molecule has 0 aromatic heterocycles. The molecule has 1 aromatic carbocycles. The fourth-order valence-corrected chi connectivity index (χ4v) is 1.64. The molecule has 0 saturated heterocycles. The number of hydrogen-bond acceptors (Lipinski definition) is 3. The van der Waals surface area contributed by atoms with Crippen LogP contribution >= 0.6 is 0 Å². The van der Waals surface area contributed by atoms with Crippen molar-refractivity contribution in [3.8, 4) is 11.5 Å². The first-order chi connectivity index (χ1) is 9.35. The standard InChI is InChI=1S/C17H27NO2/c1-7-13(3)20-15-10-9-14(11-16(15)19-8-2)12-18-17(4,5)6/h7,9-11,13,18H,1,8,12H2,2-6H3. The summed E-state index contributed by atoms with van der Waals surface area (Å²) < 4.78 is 11.5. The first-order valence-electron chi connectivity index (χ1n) is 7.15. The van der Waals surface area contributed by atoms with Gasteiger partial charge in [-0.2, -0.15) is 0 Å². The quantitative estimate of drug-likeness (QED) is 0.766. The lowest BCUT2D eigenvalue weighted by molar-refractivity contribution is 0.245. The highest BCUT2D eigenvalue weighted by molar-refractivity contribution is 5.43. The van der Waals surface area contributed by atoms with Crippen LogP contribution in [0.15, 0.2) is 30.9 Å². The Bertz CT molecular complexity index is 435. The molecule has 20 heavy (non-hydrogen) atoms. The maximum atomic E-state index is 5.78. The van der Waals surface area contributed by atoms with Crippen LogP contribution < -0.4 is 14.8 Å². The van der Waals surface area contributed by atoms with E-state index in [1.54, 1.807) is 6.08 Å². The largest absolute Gasteiger partial charge is 0.490 e. The van der Waals surface area contributed by atoms with Gasteiger partial charge in [-0.25, -0.2) is 0 Å². The molecule has 0 amide bonds. The van der Waals surface area contributed by atoms with Crippen LogP contribution in [0.4, 0.5) is 0 Å². The van der Waals surface area contributed by atoms with Gasteiger partial charge in [0.05, 0.1) is 6.61 Å². The molecule has 0 radical (unpaired) electrons. The topological polar surface area (TPSA) is 30.5 Å². The van der Waals surface area contributed by atoms with Crippen LogP contribution in [0.25, 0.3) is 0 Å². The molecule has 0 aliphatic carbocycles. The van der Waals surface area contributed by atoms with Gasteiger partial charge in [0.1, 0.15) is 6.10 Å². The Kier molecular flexibility index (Phi) is 6.08. The van der Waals surface area contributed by atoms with Gasteiger partial charge >= 0.3 is 0 Å². The zero-order valence-corrected chi connectivity index (χ0v) is 13.3. The maximum Gasteiger partial charge on any atom is 0.162 e. The van der Waals surface area contributed by atoms with Gasteiger partial charge in [-0.05, 0) is 52.3 Å². The van der Waals surface area contributed by atoms with Crippen molar-refractivity contribution < 1.29 is 9.47 Å². The molecule has 0 aliphatic rings. The van der Waals surface area contributed by atoms with Crippen LogP contribution in [0.1, 0.15) is 40.2 Å².